The first kappa shape index (κ1) is 13.5. The van der Waals surface area contributed by atoms with Crippen molar-refractivity contribution in [3.63, 3.8) is 0 Å². The lowest BCUT2D eigenvalue weighted by atomic mass is 9.97. The zero-order chi connectivity index (χ0) is 12.8. The van der Waals surface area contributed by atoms with Crippen LogP contribution in [0.1, 0.15) is 13.8 Å². The third-order valence-electron chi connectivity index (χ3n) is 2.75. The summed E-state index contributed by atoms with van der Waals surface area (Å²) in [5.41, 5.74) is 0. The van der Waals surface area contributed by atoms with Crippen LogP contribution in [0.5, 0.6) is 5.75 Å². The second kappa shape index (κ2) is 6.23. The molecule has 0 N–H and O–H groups in total. The molecule has 0 saturated carbocycles. The molecule has 0 aliphatic rings. The Bertz CT molecular complexity index is 361. The van der Waals surface area contributed by atoms with Crippen molar-refractivity contribution in [2.45, 2.75) is 13.8 Å². The summed E-state index contributed by atoms with van der Waals surface area (Å²) in [4.78, 5) is 11.3. The van der Waals surface area contributed by atoms with E-state index in [4.69, 9.17) is 4.74 Å². The first-order valence-electron chi connectivity index (χ1n) is 5.50. The summed E-state index contributed by atoms with van der Waals surface area (Å²) in [6, 6.07) is 5.79. The second-order valence-corrected chi connectivity index (χ2v) is 4.05. The average molecular weight is 240 g/mol. The molecule has 4 heteroatoms. The highest BCUT2D eigenvalue weighted by atomic mass is 19.1. The van der Waals surface area contributed by atoms with Crippen molar-refractivity contribution in [2.75, 3.05) is 13.7 Å². The number of esters is 1. The number of benzene rings is 1. The summed E-state index contributed by atoms with van der Waals surface area (Å²) >= 11 is 0. The van der Waals surface area contributed by atoms with E-state index in [2.05, 4.69) is 4.74 Å². The van der Waals surface area contributed by atoms with Gasteiger partial charge in [0.05, 0.1) is 19.6 Å². The molecule has 2 atom stereocenters. The number of rotatable bonds is 5. The van der Waals surface area contributed by atoms with Crippen molar-refractivity contribution < 1.29 is 18.7 Å². The van der Waals surface area contributed by atoms with Crippen molar-refractivity contribution in [2.24, 2.45) is 11.8 Å². The van der Waals surface area contributed by atoms with E-state index in [0.29, 0.717) is 12.4 Å². The van der Waals surface area contributed by atoms with Gasteiger partial charge in [-0.25, -0.2) is 4.39 Å². The quantitative estimate of drug-likeness (QED) is 0.742. The molecule has 0 amide bonds. The fourth-order valence-corrected chi connectivity index (χ4v) is 1.32. The Balaban J connectivity index is 2.45. The van der Waals surface area contributed by atoms with Gasteiger partial charge in [0.25, 0.3) is 0 Å². The maximum atomic E-state index is 12.6. The molecule has 1 aromatic carbocycles. The largest absolute Gasteiger partial charge is 0.493 e. The summed E-state index contributed by atoms with van der Waals surface area (Å²) in [6.07, 6.45) is 0. The van der Waals surface area contributed by atoms with E-state index in [1.807, 2.05) is 6.92 Å². The Labute approximate surface area is 101 Å². The number of ether oxygens (including phenoxy) is 2. The molecule has 0 saturated heterocycles. The van der Waals surface area contributed by atoms with Crippen LogP contribution in [-0.2, 0) is 9.53 Å². The fraction of sp³-hybridized carbons (Fsp3) is 0.462. The first-order chi connectivity index (χ1) is 8.04. The minimum atomic E-state index is -0.298. The minimum Gasteiger partial charge on any atom is -0.493 e. The first-order valence-corrected chi connectivity index (χ1v) is 5.50. The predicted octanol–water partition coefficient (Wildman–Crippen LogP) is 2.65. The minimum absolute atomic E-state index is 0.0347. The molecule has 94 valence electrons. The smallest absolute Gasteiger partial charge is 0.308 e. The Morgan fingerprint density at radius 3 is 2.41 bits per heavy atom. The molecule has 0 aliphatic heterocycles. The van der Waals surface area contributed by atoms with Crippen LogP contribution in [0, 0.1) is 17.7 Å². The highest BCUT2D eigenvalue weighted by Crippen LogP contribution is 2.16. The summed E-state index contributed by atoms with van der Waals surface area (Å²) in [7, 11) is 1.37. The zero-order valence-electron chi connectivity index (χ0n) is 10.3. The SMILES string of the molecule is COC(=O)C(C)C(C)COc1ccc(F)cc1. The predicted molar refractivity (Wildman–Crippen MR) is 62.2 cm³/mol. The van der Waals surface area contributed by atoms with Gasteiger partial charge in [0.1, 0.15) is 11.6 Å². The lowest BCUT2D eigenvalue weighted by Gasteiger charge is -2.18. The van der Waals surface area contributed by atoms with Gasteiger partial charge < -0.3 is 9.47 Å². The number of carbonyl (C=O) groups is 1. The Kier molecular flexibility index (Phi) is 4.94. The molecule has 0 fully saturated rings. The molecule has 1 rings (SSSR count). The van der Waals surface area contributed by atoms with Crippen LogP contribution in [0.2, 0.25) is 0 Å². The fourth-order valence-electron chi connectivity index (χ4n) is 1.32. The topological polar surface area (TPSA) is 35.5 Å². The third-order valence-corrected chi connectivity index (χ3v) is 2.75. The van der Waals surface area contributed by atoms with Gasteiger partial charge in [0.15, 0.2) is 0 Å². The van der Waals surface area contributed by atoms with Gasteiger partial charge in [-0.3, -0.25) is 4.79 Å². The molecule has 0 aromatic heterocycles. The molecule has 17 heavy (non-hydrogen) atoms. The van der Waals surface area contributed by atoms with Crippen molar-refractivity contribution in [3.05, 3.63) is 30.1 Å². The van der Waals surface area contributed by atoms with Crippen LogP contribution in [0.25, 0.3) is 0 Å². The number of carbonyl (C=O) groups excluding carboxylic acids is 1. The Hall–Kier alpha value is -1.58. The maximum Gasteiger partial charge on any atom is 0.308 e. The lowest BCUT2D eigenvalue weighted by Crippen LogP contribution is -2.24. The van der Waals surface area contributed by atoms with Crippen molar-refractivity contribution in [1.29, 1.82) is 0 Å². The highest BCUT2D eigenvalue weighted by molar-refractivity contribution is 5.72. The zero-order valence-corrected chi connectivity index (χ0v) is 10.3. The highest BCUT2D eigenvalue weighted by Gasteiger charge is 2.21. The molecule has 3 nitrogen and oxygen atoms in total. The third kappa shape index (κ3) is 4.06. The van der Waals surface area contributed by atoms with E-state index in [-0.39, 0.29) is 23.6 Å². The molecule has 0 heterocycles. The van der Waals surface area contributed by atoms with E-state index >= 15 is 0 Å². The molecule has 1 aromatic rings. The van der Waals surface area contributed by atoms with Crippen LogP contribution in [0.4, 0.5) is 4.39 Å². The molecular weight excluding hydrogens is 223 g/mol. The van der Waals surface area contributed by atoms with Crippen molar-refractivity contribution >= 4 is 5.97 Å². The number of hydrogen-bond acceptors (Lipinski definition) is 3. The van der Waals surface area contributed by atoms with Gasteiger partial charge in [0, 0.05) is 5.92 Å². The van der Waals surface area contributed by atoms with Gasteiger partial charge in [-0.2, -0.15) is 0 Å². The number of methoxy groups -OCH3 is 1. The van der Waals surface area contributed by atoms with Gasteiger partial charge in [-0.05, 0) is 24.3 Å². The molecule has 0 radical (unpaired) electrons. The van der Waals surface area contributed by atoms with E-state index in [0.717, 1.165) is 0 Å². The lowest BCUT2D eigenvalue weighted by molar-refractivity contribution is -0.146. The van der Waals surface area contributed by atoms with Crippen molar-refractivity contribution in [3.8, 4) is 5.75 Å². The normalized spacial score (nSPS) is 13.9. The van der Waals surface area contributed by atoms with Gasteiger partial charge in [-0.15, -0.1) is 0 Å². The van der Waals surface area contributed by atoms with Crippen LogP contribution in [0.15, 0.2) is 24.3 Å². The van der Waals surface area contributed by atoms with Crippen LogP contribution in [0.3, 0.4) is 0 Å². The molecule has 0 spiro atoms. The Morgan fingerprint density at radius 2 is 1.88 bits per heavy atom. The maximum absolute atomic E-state index is 12.6. The van der Waals surface area contributed by atoms with E-state index < -0.39 is 0 Å². The Morgan fingerprint density at radius 1 is 1.29 bits per heavy atom. The van der Waals surface area contributed by atoms with Crippen LogP contribution in [-0.4, -0.2) is 19.7 Å². The van der Waals surface area contributed by atoms with Crippen LogP contribution < -0.4 is 4.74 Å². The van der Waals surface area contributed by atoms with Crippen LogP contribution >= 0.6 is 0 Å². The van der Waals surface area contributed by atoms with E-state index in [9.17, 15) is 9.18 Å². The average Bonchev–Trinajstić information content (AvgIpc) is 2.35. The standard InChI is InChI=1S/C13H17FO3/c1-9(10(2)13(15)16-3)8-17-12-6-4-11(14)5-7-12/h4-7,9-10H,8H2,1-3H3. The summed E-state index contributed by atoms with van der Waals surface area (Å²) < 4.78 is 22.8. The number of halogens is 1. The molecular formula is C13H17FO3. The number of hydrogen-bond donors (Lipinski definition) is 0. The van der Waals surface area contributed by atoms with Gasteiger partial charge in [-0.1, -0.05) is 13.8 Å². The van der Waals surface area contributed by atoms with E-state index in [1.54, 1.807) is 19.1 Å². The monoisotopic (exact) mass is 240 g/mol. The molecule has 2 unspecified atom stereocenters. The second-order valence-electron chi connectivity index (χ2n) is 4.05. The molecule has 0 bridgehead atoms. The van der Waals surface area contributed by atoms with E-state index in [1.165, 1.54) is 19.2 Å². The van der Waals surface area contributed by atoms with Gasteiger partial charge >= 0.3 is 5.97 Å². The summed E-state index contributed by atoms with van der Waals surface area (Å²) in [5, 5.41) is 0. The summed E-state index contributed by atoms with van der Waals surface area (Å²) in [6.45, 7) is 4.09. The van der Waals surface area contributed by atoms with Gasteiger partial charge in [0.2, 0.25) is 0 Å². The van der Waals surface area contributed by atoms with Crippen molar-refractivity contribution in [1.82, 2.24) is 0 Å². The molecule has 0 aliphatic carbocycles. The summed E-state index contributed by atoms with van der Waals surface area (Å²) in [5.74, 6) is -0.142.